The molecule has 1 aliphatic rings. The van der Waals surface area contributed by atoms with Crippen molar-refractivity contribution in [2.75, 3.05) is 18.8 Å². The summed E-state index contributed by atoms with van der Waals surface area (Å²) in [5.41, 5.74) is 6.87. The van der Waals surface area contributed by atoms with Crippen LogP contribution in [0.25, 0.3) is 5.65 Å². The summed E-state index contributed by atoms with van der Waals surface area (Å²) in [6, 6.07) is 6.35. The van der Waals surface area contributed by atoms with Crippen LogP contribution >= 0.6 is 0 Å². The van der Waals surface area contributed by atoms with E-state index in [1.807, 2.05) is 22.6 Å². The first-order valence-electron chi connectivity index (χ1n) is 6.50. The average molecular weight is 245 g/mol. The van der Waals surface area contributed by atoms with E-state index >= 15 is 0 Å². The monoisotopic (exact) mass is 245 g/mol. The van der Waals surface area contributed by atoms with Gasteiger partial charge < -0.3 is 10.6 Å². The van der Waals surface area contributed by atoms with Gasteiger partial charge in [0.05, 0.1) is 0 Å². The SMILES string of the molecule is CC(C)N1CCC(c2nnc3cccc(N)n23)C1. The van der Waals surface area contributed by atoms with Crippen molar-refractivity contribution in [2.45, 2.75) is 32.2 Å². The van der Waals surface area contributed by atoms with Crippen molar-refractivity contribution in [3.8, 4) is 0 Å². The lowest BCUT2D eigenvalue weighted by Gasteiger charge is -2.19. The highest BCUT2D eigenvalue weighted by Crippen LogP contribution is 2.28. The summed E-state index contributed by atoms with van der Waals surface area (Å²) in [5.74, 6) is 2.16. The van der Waals surface area contributed by atoms with Crippen LogP contribution in [0.1, 0.15) is 32.0 Å². The van der Waals surface area contributed by atoms with Gasteiger partial charge in [-0.15, -0.1) is 10.2 Å². The Balaban J connectivity index is 1.96. The first-order chi connectivity index (χ1) is 8.66. The van der Waals surface area contributed by atoms with Crippen LogP contribution in [0.3, 0.4) is 0 Å². The van der Waals surface area contributed by atoms with Crippen LogP contribution in [0, 0.1) is 0 Å². The highest BCUT2D eigenvalue weighted by Gasteiger charge is 2.29. The molecule has 0 spiro atoms. The summed E-state index contributed by atoms with van der Waals surface area (Å²) in [6.45, 7) is 6.65. The molecule has 0 amide bonds. The molecule has 0 saturated carbocycles. The molecule has 18 heavy (non-hydrogen) atoms. The average Bonchev–Trinajstić information content (AvgIpc) is 2.94. The molecular formula is C13H19N5. The minimum Gasteiger partial charge on any atom is -0.385 e. The molecular weight excluding hydrogens is 226 g/mol. The number of nitrogen functional groups attached to an aromatic ring is 1. The molecule has 1 unspecified atom stereocenters. The molecule has 2 N–H and O–H groups in total. The zero-order valence-electron chi connectivity index (χ0n) is 10.9. The van der Waals surface area contributed by atoms with Gasteiger partial charge in [-0.3, -0.25) is 4.40 Å². The van der Waals surface area contributed by atoms with Crippen molar-refractivity contribution in [2.24, 2.45) is 0 Å². The lowest BCUT2D eigenvalue weighted by molar-refractivity contribution is 0.271. The Morgan fingerprint density at radius 1 is 1.33 bits per heavy atom. The van der Waals surface area contributed by atoms with Crippen LogP contribution in [0.2, 0.25) is 0 Å². The Bertz CT molecular complexity index is 560. The molecule has 2 aromatic heterocycles. The fraction of sp³-hybridized carbons (Fsp3) is 0.538. The van der Waals surface area contributed by atoms with Crippen LogP contribution in [-0.2, 0) is 0 Å². The molecule has 1 saturated heterocycles. The normalized spacial score (nSPS) is 21.2. The van der Waals surface area contributed by atoms with Crippen molar-refractivity contribution in [1.29, 1.82) is 0 Å². The first kappa shape index (κ1) is 11.5. The summed E-state index contributed by atoms with van der Waals surface area (Å²) in [5, 5.41) is 8.55. The van der Waals surface area contributed by atoms with Gasteiger partial charge in [0.15, 0.2) is 5.65 Å². The number of anilines is 1. The van der Waals surface area contributed by atoms with Gasteiger partial charge in [0.25, 0.3) is 0 Å². The minimum absolute atomic E-state index is 0.437. The molecule has 0 aliphatic carbocycles. The lowest BCUT2D eigenvalue weighted by atomic mass is 10.1. The highest BCUT2D eigenvalue weighted by molar-refractivity contribution is 5.48. The fourth-order valence-electron chi connectivity index (χ4n) is 2.72. The van der Waals surface area contributed by atoms with Gasteiger partial charge in [0, 0.05) is 18.5 Å². The summed E-state index contributed by atoms with van der Waals surface area (Å²) in [4.78, 5) is 2.48. The fourth-order valence-corrected chi connectivity index (χ4v) is 2.72. The number of pyridine rings is 1. The number of nitrogens with two attached hydrogens (primary N) is 1. The Labute approximate surface area is 107 Å². The third-order valence-electron chi connectivity index (χ3n) is 3.80. The molecule has 1 aliphatic heterocycles. The smallest absolute Gasteiger partial charge is 0.162 e. The van der Waals surface area contributed by atoms with Crippen LogP contribution in [0.5, 0.6) is 0 Å². The number of hydrogen-bond donors (Lipinski definition) is 1. The molecule has 2 aromatic rings. The van der Waals surface area contributed by atoms with Gasteiger partial charge in [0.2, 0.25) is 0 Å². The van der Waals surface area contributed by atoms with E-state index in [0.717, 1.165) is 36.8 Å². The maximum Gasteiger partial charge on any atom is 0.162 e. The molecule has 1 fully saturated rings. The topological polar surface area (TPSA) is 59.5 Å². The summed E-state index contributed by atoms with van der Waals surface area (Å²) < 4.78 is 1.98. The van der Waals surface area contributed by atoms with E-state index in [0.29, 0.717) is 12.0 Å². The van der Waals surface area contributed by atoms with Crippen LogP contribution in [0.15, 0.2) is 18.2 Å². The molecule has 0 bridgehead atoms. The second kappa shape index (κ2) is 4.24. The van der Waals surface area contributed by atoms with E-state index in [9.17, 15) is 0 Å². The number of aromatic nitrogens is 3. The molecule has 1 atom stereocenters. The maximum atomic E-state index is 6.03. The van der Waals surface area contributed by atoms with Crippen molar-refractivity contribution >= 4 is 11.5 Å². The second-order valence-electron chi connectivity index (χ2n) is 5.28. The van der Waals surface area contributed by atoms with Crippen molar-refractivity contribution in [3.05, 3.63) is 24.0 Å². The predicted octanol–water partition coefficient (Wildman–Crippen LogP) is 1.51. The number of hydrogen-bond acceptors (Lipinski definition) is 4. The quantitative estimate of drug-likeness (QED) is 0.871. The van der Waals surface area contributed by atoms with Crippen LogP contribution in [0.4, 0.5) is 5.82 Å². The van der Waals surface area contributed by atoms with Crippen molar-refractivity contribution in [1.82, 2.24) is 19.5 Å². The maximum absolute atomic E-state index is 6.03. The zero-order valence-corrected chi connectivity index (χ0v) is 10.9. The Hall–Kier alpha value is -1.62. The Morgan fingerprint density at radius 3 is 2.89 bits per heavy atom. The van der Waals surface area contributed by atoms with Gasteiger partial charge in [-0.2, -0.15) is 0 Å². The molecule has 96 valence electrons. The Kier molecular flexibility index (Phi) is 2.70. The standard InChI is InChI=1S/C13H19N5/c1-9(2)17-7-6-10(8-17)13-16-15-12-5-3-4-11(14)18(12)13/h3-5,9-10H,6-8,14H2,1-2H3. The zero-order chi connectivity index (χ0) is 12.7. The van der Waals surface area contributed by atoms with Gasteiger partial charge in [-0.1, -0.05) is 6.07 Å². The minimum atomic E-state index is 0.437. The largest absolute Gasteiger partial charge is 0.385 e. The van der Waals surface area contributed by atoms with Gasteiger partial charge in [-0.05, 0) is 38.9 Å². The molecule has 5 heteroatoms. The van der Waals surface area contributed by atoms with E-state index in [2.05, 4.69) is 28.9 Å². The van der Waals surface area contributed by atoms with E-state index < -0.39 is 0 Å². The van der Waals surface area contributed by atoms with Crippen LogP contribution < -0.4 is 5.73 Å². The first-order valence-corrected chi connectivity index (χ1v) is 6.50. The molecule has 0 aromatic carbocycles. The van der Waals surface area contributed by atoms with E-state index in [1.54, 1.807) is 0 Å². The number of likely N-dealkylation sites (tertiary alicyclic amines) is 1. The number of fused-ring (bicyclic) bond motifs is 1. The van der Waals surface area contributed by atoms with E-state index in [4.69, 9.17) is 5.73 Å². The van der Waals surface area contributed by atoms with E-state index in [-0.39, 0.29) is 0 Å². The molecule has 0 radical (unpaired) electrons. The van der Waals surface area contributed by atoms with Crippen molar-refractivity contribution in [3.63, 3.8) is 0 Å². The van der Waals surface area contributed by atoms with Crippen LogP contribution in [-0.4, -0.2) is 38.6 Å². The third kappa shape index (κ3) is 1.75. The molecule has 5 nitrogen and oxygen atoms in total. The van der Waals surface area contributed by atoms with E-state index in [1.165, 1.54) is 0 Å². The summed E-state index contributed by atoms with van der Waals surface area (Å²) >= 11 is 0. The highest BCUT2D eigenvalue weighted by atomic mass is 15.3. The summed E-state index contributed by atoms with van der Waals surface area (Å²) in [7, 11) is 0. The predicted molar refractivity (Wildman–Crippen MR) is 71.5 cm³/mol. The molecule has 3 heterocycles. The Morgan fingerprint density at radius 2 is 2.17 bits per heavy atom. The molecule has 3 rings (SSSR count). The lowest BCUT2D eigenvalue weighted by Crippen LogP contribution is -2.28. The van der Waals surface area contributed by atoms with Gasteiger partial charge >= 0.3 is 0 Å². The number of rotatable bonds is 2. The van der Waals surface area contributed by atoms with Gasteiger partial charge in [0.1, 0.15) is 11.6 Å². The second-order valence-corrected chi connectivity index (χ2v) is 5.28. The van der Waals surface area contributed by atoms with Crippen molar-refractivity contribution < 1.29 is 0 Å². The summed E-state index contributed by atoms with van der Waals surface area (Å²) in [6.07, 6.45) is 1.13. The number of nitrogens with zero attached hydrogens (tertiary/aromatic N) is 4. The van der Waals surface area contributed by atoms with Gasteiger partial charge in [-0.25, -0.2) is 0 Å². The third-order valence-corrected chi connectivity index (χ3v) is 3.80.